The lowest BCUT2D eigenvalue weighted by Crippen LogP contribution is -2.36. The van der Waals surface area contributed by atoms with Gasteiger partial charge >= 0.3 is 0 Å². The smallest absolute Gasteiger partial charge is 0.210 e. The minimum Gasteiger partial charge on any atom is -0.325 e. The predicted octanol–water partition coefficient (Wildman–Crippen LogP) is 2.06. The molecule has 0 amide bonds. The van der Waals surface area contributed by atoms with Gasteiger partial charge in [-0.25, -0.2) is 5.84 Å². The van der Waals surface area contributed by atoms with E-state index in [2.05, 4.69) is 15.7 Å². The zero-order chi connectivity index (χ0) is 12.6. The Morgan fingerprint density at radius 2 is 2.00 bits per heavy atom. The summed E-state index contributed by atoms with van der Waals surface area (Å²) in [6.45, 7) is 0.847. The number of nitrogens with zero attached hydrogens (tertiary/aromatic N) is 1. The van der Waals surface area contributed by atoms with E-state index in [1.807, 2.05) is 42.1 Å². The Morgan fingerprint density at radius 1 is 1.28 bits per heavy atom. The van der Waals surface area contributed by atoms with Crippen LogP contribution in [0.2, 0.25) is 0 Å². The highest BCUT2D eigenvalue weighted by molar-refractivity contribution is 7.99. The molecule has 4 N–H and O–H groups in total. The van der Waals surface area contributed by atoms with Gasteiger partial charge in [0.05, 0.1) is 0 Å². The zero-order valence-electron chi connectivity index (χ0n) is 10.4. The van der Waals surface area contributed by atoms with Gasteiger partial charge in [-0.1, -0.05) is 18.2 Å². The normalized spacial score (nSPS) is 17.5. The third-order valence-corrected chi connectivity index (χ3v) is 4.07. The Bertz CT molecular complexity index is 374. The van der Waals surface area contributed by atoms with Crippen molar-refractivity contribution in [2.24, 2.45) is 16.8 Å². The molecule has 1 aromatic carbocycles. The van der Waals surface area contributed by atoms with E-state index >= 15 is 0 Å². The van der Waals surface area contributed by atoms with Gasteiger partial charge in [0.1, 0.15) is 0 Å². The van der Waals surface area contributed by atoms with Crippen LogP contribution in [0.1, 0.15) is 12.8 Å². The molecule has 1 aromatic rings. The molecule has 4 nitrogen and oxygen atoms in total. The van der Waals surface area contributed by atoms with E-state index in [4.69, 9.17) is 5.84 Å². The third kappa shape index (κ3) is 4.23. The van der Waals surface area contributed by atoms with Crippen molar-refractivity contribution >= 4 is 23.4 Å². The highest BCUT2D eigenvalue weighted by Crippen LogP contribution is 2.22. The summed E-state index contributed by atoms with van der Waals surface area (Å²) in [6.07, 6.45) is 2.52. The molecular formula is C13H20N4S. The molecule has 18 heavy (non-hydrogen) atoms. The summed E-state index contributed by atoms with van der Waals surface area (Å²) in [5.41, 5.74) is 3.62. The van der Waals surface area contributed by atoms with Crippen LogP contribution in [0, 0.1) is 5.92 Å². The van der Waals surface area contributed by atoms with Gasteiger partial charge in [-0.05, 0) is 42.4 Å². The standard InChI is InChI=1S/C13H20N4S/c14-17-13(16-12-4-2-1-3-5-12)15-10-11-6-8-18-9-7-11/h1-5,11H,6-10,14H2,(H2,15,16,17). The topological polar surface area (TPSA) is 62.4 Å². The number of guanidine groups is 1. The average Bonchev–Trinajstić information content (AvgIpc) is 2.45. The lowest BCUT2D eigenvalue weighted by Gasteiger charge is -2.19. The maximum atomic E-state index is 5.49. The summed E-state index contributed by atoms with van der Waals surface area (Å²) >= 11 is 2.04. The minimum atomic E-state index is 0.638. The van der Waals surface area contributed by atoms with E-state index in [1.54, 1.807) is 0 Å². The minimum absolute atomic E-state index is 0.638. The summed E-state index contributed by atoms with van der Waals surface area (Å²) in [4.78, 5) is 4.52. The van der Waals surface area contributed by atoms with Crippen molar-refractivity contribution in [3.05, 3.63) is 30.3 Å². The second-order valence-corrected chi connectivity index (χ2v) is 5.61. The molecule has 5 heteroatoms. The van der Waals surface area contributed by atoms with Crippen LogP contribution >= 0.6 is 11.8 Å². The van der Waals surface area contributed by atoms with Gasteiger partial charge in [0.25, 0.3) is 0 Å². The molecule has 1 aliphatic rings. The number of aliphatic imine (C=N–C) groups is 1. The fourth-order valence-electron chi connectivity index (χ4n) is 1.93. The number of hydrazine groups is 1. The number of hydrogen-bond donors (Lipinski definition) is 3. The molecule has 0 bridgehead atoms. The number of nitrogens with two attached hydrogens (primary N) is 1. The molecular weight excluding hydrogens is 244 g/mol. The van der Waals surface area contributed by atoms with Gasteiger partial charge in [-0.2, -0.15) is 11.8 Å². The first-order valence-electron chi connectivity index (χ1n) is 6.29. The highest BCUT2D eigenvalue weighted by atomic mass is 32.2. The monoisotopic (exact) mass is 264 g/mol. The van der Waals surface area contributed by atoms with Crippen LogP contribution in [0.5, 0.6) is 0 Å². The molecule has 0 radical (unpaired) electrons. The van der Waals surface area contributed by atoms with Crippen LogP contribution in [-0.2, 0) is 0 Å². The molecule has 2 rings (SSSR count). The van der Waals surface area contributed by atoms with Crippen molar-refractivity contribution in [3.63, 3.8) is 0 Å². The molecule has 1 heterocycles. The lowest BCUT2D eigenvalue weighted by molar-refractivity contribution is 0.502. The number of nitrogens with one attached hydrogen (secondary N) is 2. The number of anilines is 1. The molecule has 0 aliphatic carbocycles. The van der Waals surface area contributed by atoms with E-state index in [0.29, 0.717) is 11.9 Å². The molecule has 0 atom stereocenters. The van der Waals surface area contributed by atoms with E-state index in [9.17, 15) is 0 Å². The fourth-order valence-corrected chi connectivity index (χ4v) is 3.13. The molecule has 1 fully saturated rings. The van der Waals surface area contributed by atoms with Crippen LogP contribution in [0.15, 0.2) is 35.3 Å². The zero-order valence-corrected chi connectivity index (χ0v) is 11.2. The Labute approximate surface area is 112 Å². The van der Waals surface area contributed by atoms with E-state index in [0.717, 1.165) is 12.2 Å². The van der Waals surface area contributed by atoms with Crippen molar-refractivity contribution in [2.75, 3.05) is 23.4 Å². The first-order valence-corrected chi connectivity index (χ1v) is 7.45. The van der Waals surface area contributed by atoms with Crippen molar-refractivity contribution in [3.8, 4) is 0 Å². The first-order chi connectivity index (χ1) is 8.88. The lowest BCUT2D eigenvalue weighted by atomic mass is 10.0. The third-order valence-electron chi connectivity index (χ3n) is 3.02. The Balaban J connectivity index is 1.87. The van der Waals surface area contributed by atoms with Gasteiger partial charge in [0.2, 0.25) is 5.96 Å². The second-order valence-electron chi connectivity index (χ2n) is 4.38. The summed E-state index contributed by atoms with van der Waals surface area (Å²) in [5.74, 6) is 9.35. The maximum absolute atomic E-state index is 5.49. The second kappa shape index (κ2) is 7.28. The Morgan fingerprint density at radius 3 is 2.67 bits per heavy atom. The Hall–Kier alpha value is -1.20. The van der Waals surface area contributed by atoms with Crippen molar-refractivity contribution < 1.29 is 0 Å². The van der Waals surface area contributed by atoms with Gasteiger partial charge in [0.15, 0.2) is 0 Å². The fraction of sp³-hybridized carbons (Fsp3) is 0.462. The molecule has 0 unspecified atom stereocenters. The summed E-state index contributed by atoms with van der Waals surface area (Å²) in [7, 11) is 0. The molecule has 98 valence electrons. The van der Waals surface area contributed by atoms with Gasteiger partial charge in [0, 0.05) is 12.2 Å². The number of rotatable bonds is 3. The summed E-state index contributed by atoms with van der Waals surface area (Å²) in [6, 6.07) is 9.93. The predicted molar refractivity (Wildman–Crippen MR) is 79.7 cm³/mol. The molecule has 1 saturated heterocycles. The molecule has 0 spiro atoms. The van der Waals surface area contributed by atoms with Crippen molar-refractivity contribution in [1.29, 1.82) is 0 Å². The number of thioether (sulfide) groups is 1. The summed E-state index contributed by atoms with van der Waals surface area (Å²) in [5, 5.41) is 3.18. The average molecular weight is 264 g/mol. The quantitative estimate of drug-likeness (QED) is 0.338. The van der Waals surface area contributed by atoms with E-state index < -0.39 is 0 Å². The number of para-hydroxylation sites is 1. The number of benzene rings is 1. The van der Waals surface area contributed by atoms with Crippen LogP contribution in [0.3, 0.4) is 0 Å². The number of hydrogen-bond acceptors (Lipinski definition) is 3. The van der Waals surface area contributed by atoms with E-state index in [1.165, 1.54) is 24.3 Å². The van der Waals surface area contributed by atoms with Crippen LogP contribution in [-0.4, -0.2) is 24.0 Å². The largest absolute Gasteiger partial charge is 0.325 e. The van der Waals surface area contributed by atoms with Crippen molar-refractivity contribution in [1.82, 2.24) is 5.43 Å². The van der Waals surface area contributed by atoms with Crippen LogP contribution < -0.4 is 16.6 Å². The molecule has 0 saturated carbocycles. The molecule has 1 aliphatic heterocycles. The van der Waals surface area contributed by atoms with Gasteiger partial charge < -0.3 is 5.32 Å². The van der Waals surface area contributed by atoms with Crippen LogP contribution in [0.4, 0.5) is 5.69 Å². The summed E-state index contributed by atoms with van der Waals surface area (Å²) < 4.78 is 0. The van der Waals surface area contributed by atoms with Gasteiger partial charge in [-0.3, -0.25) is 10.4 Å². The van der Waals surface area contributed by atoms with Crippen LogP contribution in [0.25, 0.3) is 0 Å². The SMILES string of the molecule is NNC(=NCC1CCSCC1)Nc1ccccc1. The molecule has 0 aromatic heterocycles. The maximum Gasteiger partial charge on any atom is 0.210 e. The van der Waals surface area contributed by atoms with E-state index in [-0.39, 0.29) is 0 Å². The van der Waals surface area contributed by atoms with Gasteiger partial charge in [-0.15, -0.1) is 0 Å². The highest BCUT2D eigenvalue weighted by Gasteiger charge is 2.13. The Kier molecular flexibility index (Phi) is 5.36. The first kappa shape index (κ1) is 13.2. The van der Waals surface area contributed by atoms with Crippen molar-refractivity contribution in [2.45, 2.75) is 12.8 Å².